The lowest BCUT2D eigenvalue weighted by atomic mass is 9.86. The van der Waals surface area contributed by atoms with Crippen molar-refractivity contribution < 1.29 is 0 Å². The van der Waals surface area contributed by atoms with Crippen LogP contribution in [0.5, 0.6) is 0 Å². The summed E-state index contributed by atoms with van der Waals surface area (Å²) in [6.45, 7) is 6.84. The van der Waals surface area contributed by atoms with Gasteiger partial charge in [0.2, 0.25) is 0 Å². The van der Waals surface area contributed by atoms with Gasteiger partial charge in [0, 0.05) is 5.92 Å². The first-order chi connectivity index (χ1) is 12.2. The first-order valence-corrected chi connectivity index (χ1v) is 9.11. The van der Waals surface area contributed by atoms with Crippen LogP contribution >= 0.6 is 0 Å². The summed E-state index contributed by atoms with van der Waals surface area (Å²) in [5.74, 6) is 0.444. The van der Waals surface area contributed by atoms with Gasteiger partial charge in [-0.25, -0.2) is 0 Å². The second-order valence-electron chi connectivity index (χ2n) is 6.58. The molecule has 3 rings (SSSR count). The molecule has 0 radical (unpaired) electrons. The van der Waals surface area contributed by atoms with E-state index in [9.17, 15) is 0 Å². The summed E-state index contributed by atoms with van der Waals surface area (Å²) in [5.41, 5.74) is 8.16. The summed E-state index contributed by atoms with van der Waals surface area (Å²) in [4.78, 5) is 0. The molecule has 0 heteroatoms. The SMILES string of the molecule is CC/C(=C(/C)c1ccc(-c2ccccc2)cc1)C(C)c1ccccc1. The van der Waals surface area contributed by atoms with Gasteiger partial charge < -0.3 is 0 Å². The molecule has 3 aromatic carbocycles. The van der Waals surface area contributed by atoms with Crippen molar-refractivity contribution in [3.8, 4) is 11.1 Å². The van der Waals surface area contributed by atoms with Gasteiger partial charge >= 0.3 is 0 Å². The van der Waals surface area contributed by atoms with Crippen LogP contribution in [0.1, 0.15) is 44.2 Å². The lowest BCUT2D eigenvalue weighted by molar-refractivity contribution is 0.840. The van der Waals surface area contributed by atoms with Gasteiger partial charge in [0.15, 0.2) is 0 Å². The van der Waals surface area contributed by atoms with Crippen LogP contribution in [-0.4, -0.2) is 0 Å². The minimum Gasteiger partial charge on any atom is -0.0622 e. The Kier molecular flexibility index (Phi) is 5.50. The molecule has 0 N–H and O–H groups in total. The highest BCUT2D eigenvalue weighted by molar-refractivity contribution is 5.72. The second kappa shape index (κ2) is 7.98. The predicted molar refractivity (Wildman–Crippen MR) is 110 cm³/mol. The zero-order chi connectivity index (χ0) is 17.6. The Morgan fingerprint density at radius 2 is 1.24 bits per heavy atom. The number of hydrogen-bond donors (Lipinski definition) is 0. The molecular weight excluding hydrogens is 300 g/mol. The number of hydrogen-bond acceptors (Lipinski definition) is 0. The smallest absolute Gasteiger partial charge is 0.00256 e. The van der Waals surface area contributed by atoms with Crippen molar-refractivity contribution in [3.63, 3.8) is 0 Å². The molecule has 0 nitrogen and oxygen atoms in total. The summed E-state index contributed by atoms with van der Waals surface area (Å²) in [6, 6.07) is 30.3. The lowest BCUT2D eigenvalue weighted by Gasteiger charge is -2.19. The number of allylic oxidation sites excluding steroid dienone is 2. The fraction of sp³-hybridized carbons (Fsp3) is 0.200. The molecule has 0 aliphatic carbocycles. The van der Waals surface area contributed by atoms with E-state index in [1.54, 1.807) is 0 Å². The fourth-order valence-electron chi connectivity index (χ4n) is 3.57. The average molecular weight is 326 g/mol. The molecule has 0 aliphatic rings. The van der Waals surface area contributed by atoms with Crippen molar-refractivity contribution in [1.29, 1.82) is 0 Å². The molecule has 0 heterocycles. The third-order valence-corrected chi connectivity index (χ3v) is 5.11. The van der Waals surface area contributed by atoms with Gasteiger partial charge in [-0.15, -0.1) is 0 Å². The van der Waals surface area contributed by atoms with Crippen molar-refractivity contribution in [2.45, 2.75) is 33.1 Å². The quantitative estimate of drug-likeness (QED) is 0.460. The molecule has 0 aromatic heterocycles. The van der Waals surface area contributed by atoms with Gasteiger partial charge in [-0.1, -0.05) is 104 Å². The molecule has 0 amide bonds. The monoisotopic (exact) mass is 326 g/mol. The molecule has 0 aliphatic heterocycles. The highest BCUT2D eigenvalue weighted by atomic mass is 14.2. The minimum absolute atomic E-state index is 0.444. The van der Waals surface area contributed by atoms with Crippen LogP contribution < -0.4 is 0 Å². The van der Waals surface area contributed by atoms with E-state index >= 15 is 0 Å². The van der Waals surface area contributed by atoms with Crippen molar-refractivity contribution >= 4 is 5.57 Å². The van der Waals surface area contributed by atoms with Crippen molar-refractivity contribution in [2.75, 3.05) is 0 Å². The van der Waals surface area contributed by atoms with Crippen LogP contribution in [0, 0.1) is 0 Å². The first-order valence-electron chi connectivity index (χ1n) is 9.11. The second-order valence-corrected chi connectivity index (χ2v) is 6.58. The maximum atomic E-state index is 2.32. The molecule has 1 unspecified atom stereocenters. The largest absolute Gasteiger partial charge is 0.0622 e. The molecular formula is C25H26. The molecule has 126 valence electrons. The minimum atomic E-state index is 0.444. The zero-order valence-electron chi connectivity index (χ0n) is 15.4. The Bertz CT molecular complexity index is 824. The lowest BCUT2D eigenvalue weighted by Crippen LogP contribution is -2.00. The Morgan fingerprint density at radius 1 is 0.720 bits per heavy atom. The highest BCUT2D eigenvalue weighted by Crippen LogP contribution is 2.33. The summed E-state index contributed by atoms with van der Waals surface area (Å²) in [6.07, 6.45) is 1.07. The Balaban J connectivity index is 1.92. The topological polar surface area (TPSA) is 0 Å². The van der Waals surface area contributed by atoms with E-state index < -0.39 is 0 Å². The summed E-state index contributed by atoms with van der Waals surface area (Å²) in [5, 5.41) is 0. The predicted octanol–water partition coefficient (Wildman–Crippen LogP) is 7.34. The maximum absolute atomic E-state index is 2.32. The van der Waals surface area contributed by atoms with E-state index in [2.05, 4.69) is 106 Å². The molecule has 0 saturated heterocycles. The summed E-state index contributed by atoms with van der Waals surface area (Å²) < 4.78 is 0. The summed E-state index contributed by atoms with van der Waals surface area (Å²) >= 11 is 0. The van der Waals surface area contributed by atoms with Crippen molar-refractivity contribution in [1.82, 2.24) is 0 Å². The van der Waals surface area contributed by atoms with Gasteiger partial charge in [-0.3, -0.25) is 0 Å². The highest BCUT2D eigenvalue weighted by Gasteiger charge is 2.13. The molecule has 0 saturated carbocycles. The normalized spacial score (nSPS) is 13.2. The molecule has 25 heavy (non-hydrogen) atoms. The van der Waals surface area contributed by atoms with Gasteiger partial charge in [-0.05, 0) is 41.2 Å². The molecule has 1 atom stereocenters. The Hall–Kier alpha value is -2.60. The van der Waals surface area contributed by atoms with E-state index in [1.165, 1.54) is 33.4 Å². The summed E-state index contributed by atoms with van der Waals surface area (Å²) in [7, 11) is 0. The van der Waals surface area contributed by atoms with E-state index in [1.807, 2.05) is 0 Å². The Morgan fingerprint density at radius 3 is 1.80 bits per heavy atom. The van der Waals surface area contributed by atoms with Crippen LogP contribution in [-0.2, 0) is 0 Å². The van der Waals surface area contributed by atoms with Gasteiger partial charge in [-0.2, -0.15) is 0 Å². The van der Waals surface area contributed by atoms with Crippen LogP contribution in [0.2, 0.25) is 0 Å². The van der Waals surface area contributed by atoms with Crippen molar-refractivity contribution in [3.05, 3.63) is 102 Å². The van der Waals surface area contributed by atoms with E-state index in [0.29, 0.717) is 5.92 Å². The number of benzene rings is 3. The fourth-order valence-corrected chi connectivity index (χ4v) is 3.57. The molecule has 3 aromatic rings. The number of rotatable bonds is 5. The maximum Gasteiger partial charge on any atom is 0.00256 e. The third kappa shape index (κ3) is 3.91. The van der Waals surface area contributed by atoms with Crippen LogP contribution in [0.4, 0.5) is 0 Å². The molecule has 0 bridgehead atoms. The molecule has 0 spiro atoms. The average Bonchev–Trinajstić information content (AvgIpc) is 2.70. The zero-order valence-corrected chi connectivity index (χ0v) is 15.4. The van der Waals surface area contributed by atoms with Crippen LogP contribution in [0.15, 0.2) is 90.5 Å². The standard InChI is InChI=1S/C25H26/c1-4-25(19(2)21-11-7-5-8-12-21)20(3)22-15-17-24(18-16-22)23-13-9-6-10-14-23/h5-19H,4H2,1-3H3/b25-20+. The van der Waals surface area contributed by atoms with E-state index in [0.717, 1.165) is 6.42 Å². The van der Waals surface area contributed by atoms with E-state index in [-0.39, 0.29) is 0 Å². The van der Waals surface area contributed by atoms with E-state index in [4.69, 9.17) is 0 Å². The first kappa shape index (κ1) is 17.2. The van der Waals surface area contributed by atoms with Gasteiger partial charge in [0.05, 0.1) is 0 Å². The molecule has 0 fully saturated rings. The van der Waals surface area contributed by atoms with Gasteiger partial charge in [0.25, 0.3) is 0 Å². The third-order valence-electron chi connectivity index (χ3n) is 5.11. The van der Waals surface area contributed by atoms with Gasteiger partial charge in [0.1, 0.15) is 0 Å². The Labute approximate surface area is 151 Å². The van der Waals surface area contributed by atoms with Crippen LogP contribution in [0.25, 0.3) is 16.7 Å². The van der Waals surface area contributed by atoms with Crippen LogP contribution in [0.3, 0.4) is 0 Å². The van der Waals surface area contributed by atoms with Crippen molar-refractivity contribution in [2.24, 2.45) is 0 Å².